The zero-order valence-electron chi connectivity index (χ0n) is 7.97. The van der Waals surface area contributed by atoms with Gasteiger partial charge in [-0.1, -0.05) is 13.8 Å². The molecule has 0 radical (unpaired) electrons. The van der Waals surface area contributed by atoms with Gasteiger partial charge in [0, 0.05) is 18.2 Å². The molecule has 1 nitrogen and oxygen atoms in total. The molecular weight excluding hydrogens is 165 g/mol. The van der Waals surface area contributed by atoms with Gasteiger partial charge in [-0.2, -0.15) is 0 Å². The molecule has 1 atom stereocenters. The first-order chi connectivity index (χ1) is 6.18. The lowest BCUT2D eigenvalue weighted by Crippen LogP contribution is -2.08. The first kappa shape index (κ1) is 8.54. The number of hydrogen-bond acceptors (Lipinski definition) is 1. The van der Waals surface area contributed by atoms with Gasteiger partial charge in [0.05, 0.1) is 0 Å². The fourth-order valence-corrected chi connectivity index (χ4v) is 1.93. The molecule has 0 amide bonds. The Balaban J connectivity index is 2.40. The van der Waals surface area contributed by atoms with E-state index >= 15 is 0 Å². The fraction of sp³-hybridized carbons (Fsp3) is 0.455. The second kappa shape index (κ2) is 3.02. The third kappa shape index (κ3) is 1.41. The zero-order chi connectivity index (χ0) is 9.42. The Hall–Kier alpha value is -1.05. The Morgan fingerprint density at radius 2 is 2.23 bits per heavy atom. The quantitative estimate of drug-likeness (QED) is 0.698. The molecule has 0 aromatic heterocycles. The first-order valence-corrected chi connectivity index (χ1v) is 4.72. The van der Waals surface area contributed by atoms with Crippen LogP contribution in [0.15, 0.2) is 18.2 Å². The maximum atomic E-state index is 13.0. The average Bonchev–Trinajstić information content (AvgIpc) is 2.46. The second-order valence-electron chi connectivity index (χ2n) is 3.96. The minimum atomic E-state index is -0.131. The summed E-state index contributed by atoms with van der Waals surface area (Å²) < 4.78 is 13.0. The van der Waals surface area contributed by atoms with Crippen molar-refractivity contribution in [3.8, 4) is 0 Å². The van der Waals surface area contributed by atoms with E-state index in [0.717, 1.165) is 17.8 Å². The molecule has 13 heavy (non-hydrogen) atoms. The summed E-state index contributed by atoms with van der Waals surface area (Å²) in [6.07, 6.45) is 0. The molecule has 1 aromatic rings. The van der Waals surface area contributed by atoms with E-state index in [0.29, 0.717) is 11.8 Å². The summed E-state index contributed by atoms with van der Waals surface area (Å²) in [5.74, 6) is 0.898. The van der Waals surface area contributed by atoms with E-state index in [2.05, 4.69) is 19.2 Å². The molecule has 0 spiro atoms. The predicted octanol–water partition coefficient (Wildman–Crippen LogP) is 2.99. The first-order valence-electron chi connectivity index (χ1n) is 4.72. The molecule has 0 saturated heterocycles. The van der Waals surface area contributed by atoms with E-state index in [1.54, 1.807) is 6.07 Å². The van der Waals surface area contributed by atoms with Crippen molar-refractivity contribution in [2.24, 2.45) is 5.92 Å². The molecule has 1 aromatic carbocycles. The van der Waals surface area contributed by atoms with Gasteiger partial charge < -0.3 is 5.32 Å². The van der Waals surface area contributed by atoms with Crippen molar-refractivity contribution in [1.82, 2.24) is 0 Å². The van der Waals surface area contributed by atoms with E-state index in [9.17, 15) is 4.39 Å². The van der Waals surface area contributed by atoms with Crippen molar-refractivity contribution in [2.75, 3.05) is 11.9 Å². The fourth-order valence-electron chi connectivity index (χ4n) is 1.93. The smallest absolute Gasteiger partial charge is 0.123 e. The Morgan fingerprint density at radius 1 is 1.46 bits per heavy atom. The van der Waals surface area contributed by atoms with Gasteiger partial charge in [0.1, 0.15) is 5.82 Å². The number of nitrogens with one attached hydrogen (secondary N) is 1. The van der Waals surface area contributed by atoms with E-state index in [4.69, 9.17) is 0 Å². The predicted molar refractivity (Wildman–Crippen MR) is 52.5 cm³/mol. The van der Waals surface area contributed by atoms with Gasteiger partial charge in [-0.25, -0.2) is 4.39 Å². The minimum Gasteiger partial charge on any atom is -0.384 e. The van der Waals surface area contributed by atoms with Crippen LogP contribution >= 0.6 is 0 Å². The van der Waals surface area contributed by atoms with Crippen LogP contribution in [0.4, 0.5) is 10.1 Å². The normalized spacial score (nSPS) is 20.2. The van der Waals surface area contributed by atoms with E-state index in [1.165, 1.54) is 6.07 Å². The lowest BCUT2D eigenvalue weighted by molar-refractivity contribution is 0.529. The Kier molecular flexibility index (Phi) is 1.98. The highest BCUT2D eigenvalue weighted by Crippen LogP contribution is 2.36. The average molecular weight is 179 g/mol. The van der Waals surface area contributed by atoms with Crippen LogP contribution in [0.25, 0.3) is 0 Å². The standard InChI is InChI=1S/C11H14FN/c1-7(2)10-6-13-11-4-3-8(12)5-9(10)11/h3-5,7,10,13H,6H2,1-2H3/t10-/m1/s1. The molecule has 1 N–H and O–H groups in total. The highest BCUT2D eigenvalue weighted by Gasteiger charge is 2.24. The van der Waals surface area contributed by atoms with Crippen LogP contribution in [0.2, 0.25) is 0 Å². The molecule has 0 aliphatic carbocycles. The number of hydrogen-bond donors (Lipinski definition) is 1. The molecule has 70 valence electrons. The number of fused-ring (bicyclic) bond motifs is 1. The summed E-state index contributed by atoms with van der Waals surface area (Å²) in [6, 6.07) is 4.99. The van der Waals surface area contributed by atoms with E-state index in [-0.39, 0.29) is 5.82 Å². The van der Waals surface area contributed by atoms with Crippen LogP contribution in [-0.4, -0.2) is 6.54 Å². The summed E-state index contributed by atoms with van der Waals surface area (Å²) in [7, 11) is 0. The van der Waals surface area contributed by atoms with Gasteiger partial charge >= 0.3 is 0 Å². The maximum Gasteiger partial charge on any atom is 0.123 e. The van der Waals surface area contributed by atoms with Crippen molar-refractivity contribution in [3.05, 3.63) is 29.6 Å². The number of halogens is 1. The Bertz CT molecular complexity index is 320. The van der Waals surface area contributed by atoms with Gasteiger partial charge in [-0.3, -0.25) is 0 Å². The van der Waals surface area contributed by atoms with Gasteiger partial charge in [0.15, 0.2) is 0 Å². The van der Waals surface area contributed by atoms with Crippen LogP contribution in [0.3, 0.4) is 0 Å². The van der Waals surface area contributed by atoms with Crippen LogP contribution in [-0.2, 0) is 0 Å². The molecular formula is C11H14FN. The number of anilines is 1. The van der Waals surface area contributed by atoms with Crippen molar-refractivity contribution >= 4 is 5.69 Å². The molecule has 2 heteroatoms. The van der Waals surface area contributed by atoms with Gasteiger partial charge in [-0.15, -0.1) is 0 Å². The monoisotopic (exact) mass is 179 g/mol. The topological polar surface area (TPSA) is 12.0 Å². The van der Waals surface area contributed by atoms with Crippen molar-refractivity contribution in [1.29, 1.82) is 0 Å². The summed E-state index contributed by atoms with van der Waals surface area (Å²) in [5.41, 5.74) is 2.23. The number of rotatable bonds is 1. The van der Waals surface area contributed by atoms with Crippen LogP contribution in [0.1, 0.15) is 25.3 Å². The second-order valence-corrected chi connectivity index (χ2v) is 3.96. The SMILES string of the molecule is CC(C)[C@H]1CNc2ccc(F)cc21. The maximum absolute atomic E-state index is 13.0. The van der Waals surface area contributed by atoms with Gasteiger partial charge in [-0.05, 0) is 29.7 Å². The molecule has 0 bridgehead atoms. The molecule has 0 fully saturated rings. The lowest BCUT2D eigenvalue weighted by atomic mass is 9.90. The summed E-state index contributed by atoms with van der Waals surface area (Å²) in [4.78, 5) is 0. The molecule has 2 rings (SSSR count). The van der Waals surface area contributed by atoms with Gasteiger partial charge in [0.2, 0.25) is 0 Å². The van der Waals surface area contributed by atoms with E-state index < -0.39 is 0 Å². The molecule has 1 heterocycles. The van der Waals surface area contributed by atoms with Crippen LogP contribution in [0.5, 0.6) is 0 Å². The zero-order valence-corrected chi connectivity index (χ0v) is 7.97. The van der Waals surface area contributed by atoms with Crippen LogP contribution < -0.4 is 5.32 Å². The summed E-state index contributed by atoms with van der Waals surface area (Å²) >= 11 is 0. The number of benzene rings is 1. The minimum absolute atomic E-state index is 0.131. The molecule has 1 aliphatic heterocycles. The summed E-state index contributed by atoms with van der Waals surface area (Å²) in [5, 5.41) is 3.29. The highest BCUT2D eigenvalue weighted by atomic mass is 19.1. The van der Waals surface area contributed by atoms with Crippen molar-refractivity contribution in [3.63, 3.8) is 0 Å². The third-order valence-corrected chi connectivity index (χ3v) is 2.73. The molecule has 1 aliphatic rings. The molecule has 0 unspecified atom stereocenters. The largest absolute Gasteiger partial charge is 0.384 e. The third-order valence-electron chi connectivity index (χ3n) is 2.73. The highest BCUT2D eigenvalue weighted by molar-refractivity contribution is 5.57. The van der Waals surface area contributed by atoms with Crippen LogP contribution in [0, 0.1) is 11.7 Å². The van der Waals surface area contributed by atoms with E-state index in [1.807, 2.05) is 6.07 Å². The Morgan fingerprint density at radius 3 is 2.92 bits per heavy atom. The Labute approximate surface area is 78.0 Å². The molecule has 0 saturated carbocycles. The summed E-state index contributed by atoms with van der Waals surface area (Å²) in [6.45, 7) is 5.29. The van der Waals surface area contributed by atoms with Crippen molar-refractivity contribution < 1.29 is 4.39 Å². The van der Waals surface area contributed by atoms with Crippen molar-refractivity contribution in [2.45, 2.75) is 19.8 Å². The van der Waals surface area contributed by atoms with Gasteiger partial charge in [0.25, 0.3) is 0 Å². The lowest BCUT2D eigenvalue weighted by Gasteiger charge is -2.13.